The molecule has 7 nitrogen and oxygen atoms in total. The monoisotopic (exact) mass is 230 g/mol. The highest BCUT2D eigenvalue weighted by Crippen LogP contribution is 2.09. The van der Waals surface area contributed by atoms with Crippen molar-refractivity contribution in [3.63, 3.8) is 0 Å². The van der Waals surface area contributed by atoms with Gasteiger partial charge in [0.1, 0.15) is 0 Å². The van der Waals surface area contributed by atoms with E-state index in [1.807, 2.05) is 0 Å². The van der Waals surface area contributed by atoms with Crippen LogP contribution in [0.15, 0.2) is 10.6 Å². The lowest BCUT2D eigenvalue weighted by Crippen LogP contribution is -2.33. The molecule has 0 fully saturated rings. The molecule has 16 heavy (non-hydrogen) atoms. The molecule has 0 aliphatic carbocycles. The van der Waals surface area contributed by atoms with E-state index in [1.165, 1.54) is 27.4 Å². The van der Waals surface area contributed by atoms with Gasteiger partial charge < -0.3 is 24.1 Å². The first-order valence-corrected chi connectivity index (χ1v) is 4.55. The second-order valence-corrected chi connectivity index (χ2v) is 2.84. The largest absolute Gasteiger partial charge is 0.479 e. The standard InChI is InChI=1S/C9H14N2O5/c1-13-7-4-6(16-11-7)9(12)10-5-8(14-2)15-3/h4,8H,5H2,1-3H3,(H,10,12). The van der Waals surface area contributed by atoms with E-state index in [-0.39, 0.29) is 18.2 Å². The summed E-state index contributed by atoms with van der Waals surface area (Å²) in [5, 5.41) is 6.06. The molecule has 7 heteroatoms. The normalized spacial score (nSPS) is 10.5. The molecular formula is C9H14N2O5. The van der Waals surface area contributed by atoms with Crippen LogP contribution in [0.5, 0.6) is 5.88 Å². The Hall–Kier alpha value is -1.60. The highest BCUT2D eigenvalue weighted by molar-refractivity contribution is 5.91. The number of nitrogens with one attached hydrogen (secondary N) is 1. The van der Waals surface area contributed by atoms with E-state index < -0.39 is 12.2 Å². The Balaban J connectivity index is 2.46. The van der Waals surface area contributed by atoms with Crippen molar-refractivity contribution in [1.29, 1.82) is 0 Å². The molecule has 0 radical (unpaired) electrons. The maximum Gasteiger partial charge on any atom is 0.290 e. The minimum absolute atomic E-state index is 0.0720. The van der Waals surface area contributed by atoms with Crippen LogP contribution in [0.3, 0.4) is 0 Å². The highest BCUT2D eigenvalue weighted by Gasteiger charge is 2.14. The van der Waals surface area contributed by atoms with Crippen LogP contribution in [0.25, 0.3) is 0 Å². The first kappa shape index (κ1) is 12.5. The number of hydrogen-bond donors (Lipinski definition) is 1. The molecule has 1 amide bonds. The quantitative estimate of drug-likeness (QED) is 0.694. The Bertz CT molecular complexity index is 334. The van der Waals surface area contributed by atoms with Crippen molar-refractivity contribution in [2.45, 2.75) is 6.29 Å². The van der Waals surface area contributed by atoms with E-state index in [4.69, 9.17) is 18.7 Å². The molecule has 1 heterocycles. The number of carbonyl (C=O) groups excluding carboxylic acids is 1. The Morgan fingerprint density at radius 3 is 2.69 bits per heavy atom. The number of methoxy groups -OCH3 is 3. The second-order valence-electron chi connectivity index (χ2n) is 2.84. The average Bonchev–Trinajstić information content (AvgIpc) is 2.78. The van der Waals surface area contributed by atoms with Crippen molar-refractivity contribution in [2.24, 2.45) is 0 Å². The lowest BCUT2D eigenvalue weighted by Gasteiger charge is -2.12. The van der Waals surface area contributed by atoms with Crippen LogP contribution >= 0.6 is 0 Å². The third kappa shape index (κ3) is 3.21. The van der Waals surface area contributed by atoms with Gasteiger partial charge in [0.05, 0.1) is 19.7 Å². The summed E-state index contributed by atoms with van der Waals surface area (Å²) in [4.78, 5) is 11.5. The van der Waals surface area contributed by atoms with Crippen LogP contribution in [-0.2, 0) is 9.47 Å². The summed E-state index contributed by atoms with van der Waals surface area (Å²) in [6, 6.07) is 1.39. The van der Waals surface area contributed by atoms with E-state index >= 15 is 0 Å². The van der Waals surface area contributed by atoms with Crippen LogP contribution in [-0.4, -0.2) is 45.2 Å². The van der Waals surface area contributed by atoms with Gasteiger partial charge in [0.15, 0.2) is 6.29 Å². The number of hydrogen-bond acceptors (Lipinski definition) is 6. The molecule has 1 aromatic rings. The summed E-state index contributed by atoms with van der Waals surface area (Å²) >= 11 is 0. The molecule has 1 N–H and O–H groups in total. The molecule has 90 valence electrons. The van der Waals surface area contributed by atoms with Gasteiger partial charge >= 0.3 is 0 Å². The molecular weight excluding hydrogens is 216 g/mol. The number of rotatable bonds is 6. The van der Waals surface area contributed by atoms with Gasteiger partial charge in [-0.25, -0.2) is 0 Å². The van der Waals surface area contributed by atoms with Crippen molar-refractivity contribution >= 4 is 5.91 Å². The first-order chi connectivity index (χ1) is 7.71. The van der Waals surface area contributed by atoms with Gasteiger partial charge in [0, 0.05) is 14.2 Å². The molecule has 0 atom stereocenters. The Morgan fingerprint density at radius 2 is 2.19 bits per heavy atom. The fourth-order valence-corrected chi connectivity index (χ4v) is 0.988. The van der Waals surface area contributed by atoms with Crippen molar-refractivity contribution in [2.75, 3.05) is 27.9 Å². The van der Waals surface area contributed by atoms with Gasteiger partial charge in [0.25, 0.3) is 11.8 Å². The average molecular weight is 230 g/mol. The number of aromatic nitrogens is 1. The third-order valence-corrected chi connectivity index (χ3v) is 1.88. The van der Waals surface area contributed by atoms with E-state index in [0.717, 1.165) is 0 Å². The van der Waals surface area contributed by atoms with Crippen LogP contribution < -0.4 is 10.1 Å². The summed E-state index contributed by atoms with van der Waals surface area (Å²) in [7, 11) is 4.40. The van der Waals surface area contributed by atoms with Crippen LogP contribution in [0.4, 0.5) is 0 Å². The van der Waals surface area contributed by atoms with Gasteiger partial charge in [-0.2, -0.15) is 0 Å². The molecule has 0 unspecified atom stereocenters. The zero-order chi connectivity index (χ0) is 12.0. The van der Waals surface area contributed by atoms with Crippen LogP contribution in [0.1, 0.15) is 10.6 Å². The second kappa shape index (κ2) is 6.09. The molecule has 1 aromatic heterocycles. The molecule has 0 bridgehead atoms. The zero-order valence-corrected chi connectivity index (χ0v) is 9.35. The summed E-state index contributed by atoms with van der Waals surface area (Å²) in [5.41, 5.74) is 0. The van der Waals surface area contributed by atoms with Crippen LogP contribution in [0.2, 0.25) is 0 Å². The van der Waals surface area contributed by atoms with E-state index in [2.05, 4.69) is 10.5 Å². The predicted octanol–water partition coefficient (Wildman–Crippen LogP) is 0.0319. The minimum atomic E-state index is -0.492. The summed E-state index contributed by atoms with van der Waals surface area (Å²) in [6.45, 7) is 0.217. The molecule has 0 spiro atoms. The number of ether oxygens (including phenoxy) is 3. The van der Waals surface area contributed by atoms with E-state index in [9.17, 15) is 4.79 Å². The maximum absolute atomic E-state index is 11.5. The van der Waals surface area contributed by atoms with Gasteiger partial charge in [0.2, 0.25) is 5.76 Å². The highest BCUT2D eigenvalue weighted by atomic mass is 16.7. The number of amides is 1. The number of nitrogens with zero attached hydrogens (tertiary/aromatic N) is 1. The summed E-state index contributed by atoms with van der Waals surface area (Å²) < 4.78 is 19.3. The van der Waals surface area contributed by atoms with Crippen molar-refractivity contribution in [1.82, 2.24) is 10.5 Å². The third-order valence-electron chi connectivity index (χ3n) is 1.88. The van der Waals surface area contributed by atoms with Gasteiger partial charge in [-0.1, -0.05) is 0 Å². The van der Waals surface area contributed by atoms with Gasteiger partial charge in [-0.3, -0.25) is 4.79 Å². The Labute approximate surface area is 92.6 Å². The molecule has 0 saturated carbocycles. The first-order valence-electron chi connectivity index (χ1n) is 4.55. The van der Waals surface area contributed by atoms with Crippen molar-refractivity contribution in [3.05, 3.63) is 11.8 Å². The molecule has 1 rings (SSSR count). The van der Waals surface area contributed by atoms with E-state index in [1.54, 1.807) is 0 Å². The van der Waals surface area contributed by atoms with Crippen LogP contribution in [0, 0.1) is 0 Å². The fourth-order valence-electron chi connectivity index (χ4n) is 0.988. The Morgan fingerprint density at radius 1 is 1.50 bits per heavy atom. The topological polar surface area (TPSA) is 82.8 Å². The van der Waals surface area contributed by atoms with Gasteiger partial charge in [-0.15, -0.1) is 0 Å². The van der Waals surface area contributed by atoms with E-state index in [0.29, 0.717) is 0 Å². The fraction of sp³-hybridized carbons (Fsp3) is 0.556. The number of carbonyl (C=O) groups is 1. The minimum Gasteiger partial charge on any atom is -0.479 e. The lowest BCUT2D eigenvalue weighted by atomic mass is 10.4. The van der Waals surface area contributed by atoms with Crippen molar-refractivity contribution in [3.8, 4) is 5.88 Å². The molecule has 0 aliphatic rings. The zero-order valence-electron chi connectivity index (χ0n) is 9.35. The van der Waals surface area contributed by atoms with Crippen molar-refractivity contribution < 1.29 is 23.5 Å². The summed E-state index contributed by atoms with van der Waals surface area (Å²) in [6.07, 6.45) is -0.492. The molecule has 0 saturated heterocycles. The summed E-state index contributed by atoms with van der Waals surface area (Å²) in [5.74, 6) is -0.0853. The maximum atomic E-state index is 11.5. The smallest absolute Gasteiger partial charge is 0.290 e. The lowest BCUT2D eigenvalue weighted by molar-refractivity contribution is -0.0975. The molecule has 0 aliphatic heterocycles. The Kier molecular flexibility index (Phi) is 4.74. The SMILES string of the molecule is COc1cc(C(=O)NCC(OC)OC)on1. The predicted molar refractivity (Wildman–Crippen MR) is 53.2 cm³/mol. The van der Waals surface area contributed by atoms with Gasteiger partial charge in [-0.05, 0) is 5.16 Å². The molecule has 0 aromatic carbocycles.